The number of allylic oxidation sites excluding steroid dienone is 1. The van der Waals surface area contributed by atoms with Crippen LogP contribution in [-0.2, 0) is 33.3 Å². The highest BCUT2D eigenvalue weighted by atomic mass is 16.7. The van der Waals surface area contributed by atoms with E-state index in [1.54, 1.807) is 13.8 Å². The fourth-order valence-electron chi connectivity index (χ4n) is 2.94. The minimum Gasteiger partial charge on any atom is -0.466 e. The van der Waals surface area contributed by atoms with Crippen molar-refractivity contribution < 1.29 is 33.3 Å². The van der Waals surface area contributed by atoms with Crippen molar-refractivity contribution in [3.63, 3.8) is 0 Å². The van der Waals surface area contributed by atoms with Gasteiger partial charge in [-0.05, 0) is 13.8 Å². The van der Waals surface area contributed by atoms with Gasteiger partial charge in [-0.3, -0.25) is 9.59 Å². The quantitative estimate of drug-likeness (QED) is 0.742. The van der Waals surface area contributed by atoms with Gasteiger partial charge in [0, 0.05) is 25.0 Å². The number of carbonyl (C=O) groups is 3. The molecule has 2 aliphatic rings. The van der Waals surface area contributed by atoms with Crippen LogP contribution in [0.3, 0.4) is 0 Å². The molecular weight excluding hydrogens is 306 g/mol. The zero-order valence-electron chi connectivity index (χ0n) is 13.6. The minimum absolute atomic E-state index is 0.0386. The van der Waals surface area contributed by atoms with E-state index < -0.39 is 36.4 Å². The smallest absolute Gasteiger partial charge is 0.335 e. The topological polar surface area (TPSA) is 100 Å². The van der Waals surface area contributed by atoms with Crippen molar-refractivity contribution in [2.45, 2.75) is 45.7 Å². The Morgan fingerprint density at radius 1 is 1.35 bits per heavy atom. The average molecular weight is 327 g/mol. The predicted molar refractivity (Wildman–Crippen MR) is 76.8 cm³/mol. The number of carbonyl (C=O) groups excluding carboxylic acids is 3. The van der Waals surface area contributed by atoms with Crippen molar-refractivity contribution in [3.8, 4) is 0 Å². The Morgan fingerprint density at radius 2 is 2.04 bits per heavy atom. The summed E-state index contributed by atoms with van der Waals surface area (Å²) in [4.78, 5) is 35.3. The van der Waals surface area contributed by atoms with Gasteiger partial charge in [-0.1, -0.05) is 0 Å². The molecule has 1 saturated heterocycles. The van der Waals surface area contributed by atoms with E-state index in [1.807, 2.05) is 0 Å². The molecule has 1 N–H and O–H groups in total. The Balaban J connectivity index is 2.36. The third-order valence-electron chi connectivity index (χ3n) is 3.84. The first kappa shape index (κ1) is 17.4. The molecule has 8 nitrogen and oxygen atoms in total. The van der Waals surface area contributed by atoms with Crippen molar-refractivity contribution >= 4 is 17.8 Å². The van der Waals surface area contributed by atoms with Crippen LogP contribution in [0.1, 0.15) is 27.2 Å². The van der Waals surface area contributed by atoms with Crippen molar-refractivity contribution in [1.29, 1.82) is 0 Å². The standard InChI is InChI=1S/C15H21NO7/c1-7-13(15(19)20-4)10(5-12(18)16-7)14-11(22-8(2)17)6-21-9(3)23-14/h9-11,14H,5-6H2,1-4H3,(H,16,18)/t9-,10?,11-,14+/m1/s1. The van der Waals surface area contributed by atoms with E-state index in [1.165, 1.54) is 14.0 Å². The summed E-state index contributed by atoms with van der Waals surface area (Å²) in [6, 6.07) is 0. The first-order valence-electron chi connectivity index (χ1n) is 7.36. The van der Waals surface area contributed by atoms with Crippen LogP contribution in [0, 0.1) is 5.92 Å². The van der Waals surface area contributed by atoms with Crippen LogP contribution in [0.25, 0.3) is 0 Å². The summed E-state index contributed by atoms with van der Waals surface area (Å²) in [5.74, 6) is -1.84. The second kappa shape index (κ2) is 7.10. The van der Waals surface area contributed by atoms with E-state index in [0.717, 1.165) is 0 Å². The number of ether oxygens (including phenoxy) is 4. The fraction of sp³-hybridized carbons (Fsp3) is 0.667. The van der Waals surface area contributed by atoms with E-state index in [4.69, 9.17) is 18.9 Å². The lowest BCUT2D eigenvalue weighted by atomic mass is 9.83. The molecule has 2 aliphatic heterocycles. The van der Waals surface area contributed by atoms with Gasteiger partial charge < -0.3 is 24.3 Å². The summed E-state index contributed by atoms with van der Waals surface area (Å²) in [5.41, 5.74) is 0.741. The first-order chi connectivity index (χ1) is 10.8. The highest BCUT2D eigenvalue weighted by Crippen LogP contribution is 2.33. The minimum atomic E-state index is -0.702. The van der Waals surface area contributed by atoms with Crippen LogP contribution in [0.5, 0.6) is 0 Å². The molecule has 0 bridgehead atoms. The van der Waals surface area contributed by atoms with E-state index in [2.05, 4.69) is 5.32 Å². The van der Waals surface area contributed by atoms with Gasteiger partial charge in [0.1, 0.15) is 6.10 Å². The summed E-state index contributed by atoms with van der Waals surface area (Å²) < 4.78 is 21.2. The number of methoxy groups -OCH3 is 1. The van der Waals surface area contributed by atoms with Crippen LogP contribution in [-0.4, -0.2) is 50.1 Å². The number of hydrogen-bond donors (Lipinski definition) is 1. The molecule has 2 heterocycles. The second-order valence-electron chi connectivity index (χ2n) is 5.54. The fourth-order valence-corrected chi connectivity index (χ4v) is 2.94. The summed E-state index contributed by atoms with van der Waals surface area (Å²) in [6.45, 7) is 4.75. The normalized spacial score (nSPS) is 31.4. The third-order valence-corrected chi connectivity index (χ3v) is 3.84. The summed E-state index contributed by atoms with van der Waals surface area (Å²) in [7, 11) is 1.27. The summed E-state index contributed by atoms with van der Waals surface area (Å²) >= 11 is 0. The Bertz CT molecular complexity index is 542. The van der Waals surface area contributed by atoms with Gasteiger partial charge >= 0.3 is 11.9 Å². The lowest BCUT2D eigenvalue weighted by molar-refractivity contribution is -0.259. The monoisotopic (exact) mass is 327 g/mol. The van der Waals surface area contributed by atoms with Gasteiger partial charge in [0.25, 0.3) is 0 Å². The Labute approximate surface area is 134 Å². The second-order valence-corrected chi connectivity index (χ2v) is 5.54. The molecule has 1 unspecified atom stereocenters. The average Bonchev–Trinajstić information content (AvgIpc) is 2.47. The zero-order chi connectivity index (χ0) is 17.1. The zero-order valence-corrected chi connectivity index (χ0v) is 13.6. The molecule has 0 saturated carbocycles. The van der Waals surface area contributed by atoms with Gasteiger partial charge in [-0.15, -0.1) is 0 Å². The van der Waals surface area contributed by atoms with Gasteiger partial charge in [-0.2, -0.15) is 0 Å². The molecule has 0 aromatic heterocycles. The highest BCUT2D eigenvalue weighted by Gasteiger charge is 2.44. The predicted octanol–water partition coefficient (Wildman–Crippen LogP) is 0.263. The maximum Gasteiger partial charge on any atom is 0.335 e. The molecule has 0 radical (unpaired) electrons. The molecule has 1 amide bonds. The molecular formula is C15H21NO7. The molecule has 23 heavy (non-hydrogen) atoms. The first-order valence-corrected chi connectivity index (χ1v) is 7.36. The Kier molecular flexibility index (Phi) is 5.38. The molecule has 0 spiro atoms. The van der Waals surface area contributed by atoms with Crippen LogP contribution in [0.2, 0.25) is 0 Å². The van der Waals surface area contributed by atoms with Crippen molar-refractivity contribution in [3.05, 3.63) is 11.3 Å². The van der Waals surface area contributed by atoms with E-state index in [0.29, 0.717) is 11.3 Å². The molecule has 0 aliphatic carbocycles. The summed E-state index contributed by atoms with van der Waals surface area (Å²) in [6.07, 6.45) is -1.86. The maximum atomic E-state index is 12.1. The lowest BCUT2D eigenvalue weighted by Crippen LogP contribution is -2.52. The van der Waals surface area contributed by atoms with Crippen molar-refractivity contribution in [2.75, 3.05) is 13.7 Å². The Morgan fingerprint density at radius 3 is 2.65 bits per heavy atom. The highest BCUT2D eigenvalue weighted by molar-refractivity contribution is 5.94. The molecule has 1 fully saturated rings. The van der Waals surface area contributed by atoms with Crippen LogP contribution < -0.4 is 5.32 Å². The van der Waals surface area contributed by atoms with Gasteiger partial charge in [0.15, 0.2) is 12.4 Å². The largest absolute Gasteiger partial charge is 0.466 e. The van der Waals surface area contributed by atoms with Crippen LogP contribution in [0.15, 0.2) is 11.3 Å². The summed E-state index contributed by atoms with van der Waals surface area (Å²) in [5, 5.41) is 2.63. The number of nitrogens with one attached hydrogen (secondary N) is 1. The van der Waals surface area contributed by atoms with Crippen molar-refractivity contribution in [1.82, 2.24) is 5.32 Å². The van der Waals surface area contributed by atoms with Crippen molar-refractivity contribution in [2.24, 2.45) is 5.92 Å². The van der Waals surface area contributed by atoms with E-state index in [-0.39, 0.29) is 18.9 Å². The maximum absolute atomic E-state index is 12.1. The number of esters is 2. The van der Waals surface area contributed by atoms with E-state index in [9.17, 15) is 14.4 Å². The molecule has 4 atom stereocenters. The van der Waals surface area contributed by atoms with Gasteiger partial charge in [-0.25, -0.2) is 4.79 Å². The van der Waals surface area contributed by atoms with Crippen LogP contribution >= 0.6 is 0 Å². The van der Waals surface area contributed by atoms with E-state index >= 15 is 0 Å². The SMILES string of the molecule is COC(=O)C1=C(C)NC(=O)CC1[C@@H]1O[C@H](C)OC[C@H]1OC(C)=O. The number of amides is 1. The number of hydrogen-bond acceptors (Lipinski definition) is 7. The number of rotatable bonds is 3. The molecule has 128 valence electrons. The van der Waals surface area contributed by atoms with Gasteiger partial charge in [0.05, 0.1) is 19.3 Å². The van der Waals surface area contributed by atoms with Crippen LogP contribution in [0.4, 0.5) is 0 Å². The third kappa shape index (κ3) is 3.89. The Hall–Kier alpha value is -1.93. The molecule has 0 aromatic carbocycles. The molecule has 0 aromatic rings. The van der Waals surface area contributed by atoms with Gasteiger partial charge in [0.2, 0.25) is 5.91 Å². The lowest BCUT2D eigenvalue weighted by Gasteiger charge is -2.40. The molecule has 2 rings (SSSR count). The molecule has 8 heteroatoms.